The largest absolute Gasteiger partial charge is 0.490 e. The summed E-state index contributed by atoms with van der Waals surface area (Å²) in [6.45, 7) is 5.46. The molecule has 0 bridgehead atoms. The van der Waals surface area contributed by atoms with Crippen LogP contribution in [0.25, 0.3) is 33.3 Å². The second-order valence-electron chi connectivity index (χ2n) is 7.42. The number of aromatic nitrogens is 6. The van der Waals surface area contributed by atoms with Gasteiger partial charge in [-0.1, -0.05) is 41.3 Å². The number of hydrogen-bond donors (Lipinski definition) is 0. The summed E-state index contributed by atoms with van der Waals surface area (Å²) in [4.78, 5) is 0. The normalized spacial score (nSPS) is 13.5. The van der Waals surface area contributed by atoms with Gasteiger partial charge in [0.1, 0.15) is 16.7 Å². The third-order valence-electron chi connectivity index (χ3n) is 5.49. The van der Waals surface area contributed by atoms with Crippen molar-refractivity contribution in [3.8, 4) is 11.4 Å². The van der Waals surface area contributed by atoms with Crippen molar-refractivity contribution < 1.29 is 4.74 Å². The first kappa shape index (κ1) is 16.9. The summed E-state index contributed by atoms with van der Waals surface area (Å²) in [5.74, 6) is 0.800. The van der Waals surface area contributed by atoms with E-state index in [9.17, 15) is 0 Å². The van der Waals surface area contributed by atoms with E-state index in [4.69, 9.17) is 4.74 Å². The molecular formula is C23H18N6O. The predicted molar refractivity (Wildman–Crippen MR) is 115 cm³/mol. The molecule has 1 aliphatic rings. The minimum absolute atomic E-state index is 0.584. The van der Waals surface area contributed by atoms with Crippen LogP contribution in [0.1, 0.15) is 17.5 Å². The van der Waals surface area contributed by atoms with Crippen molar-refractivity contribution in [3.05, 3.63) is 78.4 Å². The van der Waals surface area contributed by atoms with Crippen molar-refractivity contribution in [1.29, 1.82) is 0 Å². The molecule has 0 saturated carbocycles. The van der Waals surface area contributed by atoms with Crippen LogP contribution in [0.2, 0.25) is 0 Å². The van der Waals surface area contributed by atoms with Crippen LogP contribution in [0.15, 0.2) is 67.2 Å². The molecule has 0 fully saturated rings. The Morgan fingerprint density at radius 2 is 1.63 bits per heavy atom. The molecule has 2 aromatic heterocycles. The molecule has 3 heterocycles. The van der Waals surface area contributed by atoms with E-state index in [0.29, 0.717) is 13.2 Å². The Morgan fingerprint density at radius 1 is 0.900 bits per heavy atom. The van der Waals surface area contributed by atoms with Gasteiger partial charge in [-0.2, -0.15) is 0 Å². The van der Waals surface area contributed by atoms with Crippen molar-refractivity contribution in [2.45, 2.75) is 13.0 Å². The van der Waals surface area contributed by atoms with E-state index in [1.807, 2.05) is 57.9 Å². The summed E-state index contributed by atoms with van der Waals surface area (Å²) in [6.07, 6.45) is 0.806. The number of nitrogens with zero attached hydrogens (tertiary/aromatic N) is 6. The van der Waals surface area contributed by atoms with Crippen LogP contribution >= 0.6 is 0 Å². The molecule has 146 valence electrons. The zero-order valence-electron chi connectivity index (χ0n) is 16.2. The van der Waals surface area contributed by atoms with Gasteiger partial charge in [0.05, 0.1) is 24.2 Å². The van der Waals surface area contributed by atoms with Gasteiger partial charge in [-0.3, -0.25) is 0 Å². The molecule has 6 rings (SSSR count). The molecule has 0 saturated heterocycles. The van der Waals surface area contributed by atoms with Crippen molar-refractivity contribution in [3.63, 3.8) is 0 Å². The van der Waals surface area contributed by atoms with E-state index in [2.05, 4.69) is 39.3 Å². The number of ether oxygens (including phenoxy) is 1. The molecule has 30 heavy (non-hydrogen) atoms. The highest BCUT2D eigenvalue weighted by molar-refractivity contribution is 5.80. The van der Waals surface area contributed by atoms with E-state index >= 15 is 0 Å². The van der Waals surface area contributed by atoms with Crippen LogP contribution in [-0.4, -0.2) is 36.6 Å². The topological polar surface area (TPSA) is 70.7 Å². The van der Waals surface area contributed by atoms with Gasteiger partial charge in [0.15, 0.2) is 5.75 Å². The number of para-hydroxylation sites is 2. The van der Waals surface area contributed by atoms with Crippen LogP contribution < -0.4 is 4.74 Å². The minimum atomic E-state index is 0.584. The van der Waals surface area contributed by atoms with Gasteiger partial charge in [-0.15, -0.1) is 10.2 Å². The van der Waals surface area contributed by atoms with Crippen molar-refractivity contribution in [2.75, 3.05) is 6.61 Å². The SMILES string of the molecule is C=C1CCOc2c1cc(Cn1nnc3ccccc31)cc2-n1nnc2ccccc21. The standard InChI is InChI=1S/C23H18N6O/c1-15-10-11-30-23-17(15)12-16(14-28-20-8-4-2-6-18(20)24-26-28)13-22(23)29-21-9-5-3-7-19(21)25-27-29/h2-9,12-13H,1,10-11,14H2. The number of rotatable bonds is 3. The second-order valence-corrected chi connectivity index (χ2v) is 7.42. The summed E-state index contributed by atoms with van der Waals surface area (Å²) in [6, 6.07) is 20.1. The molecule has 3 aromatic carbocycles. The number of hydrogen-bond acceptors (Lipinski definition) is 5. The van der Waals surface area contributed by atoms with E-state index < -0.39 is 0 Å². The van der Waals surface area contributed by atoms with Crippen molar-refractivity contribution >= 4 is 27.6 Å². The third-order valence-corrected chi connectivity index (χ3v) is 5.49. The molecule has 1 aliphatic heterocycles. The van der Waals surface area contributed by atoms with Gasteiger partial charge in [0, 0.05) is 12.0 Å². The van der Waals surface area contributed by atoms with Gasteiger partial charge in [-0.25, -0.2) is 9.36 Å². The Labute approximate surface area is 172 Å². The van der Waals surface area contributed by atoms with Crippen LogP contribution in [0.4, 0.5) is 0 Å². The molecule has 5 aromatic rings. The Bertz CT molecular complexity index is 1430. The van der Waals surface area contributed by atoms with E-state index in [1.54, 1.807) is 0 Å². The first-order chi connectivity index (χ1) is 14.8. The monoisotopic (exact) mass is 394 g/mol. The van der Waals surface area contributed by atoms with Crippen molar-refractivity contribution in [1.82, 2.24) is 30.0 Å². The summed E-state index contributed by atoms with van der Waals surface area (Å²) in [7, 11) is 0. The third kappa shape index (κ3) is 2.59. The van der Waals surface area contributed by atoms with E-state index in [1.165, 1.54) is 0 Å². The molecule has 7 heteroatoms. The maximum atomic E-state index is 6.07. The molecule has 0 N–H and O–H groups in total. The minimum Gasteiger partial charge on any atom is -0.490 e. The fraction of sp³-hybridized carbons (Fsp3) is 0.130. The van der Waals surface area contributed by atoms with Crippen molar-refractivity contribution in [2.24, 2.45) is 0 Å². The number of benzene rings is 3. The number of fused-ring (bicyclic) bond motifs is 3. The summed E-state index contributed by atoms with van der Waals surface area (Å²) in [5.41, 5.74) is 7.66. The molecule has 7 nitrogen and oxygen atoms in total. The van der Waals surface area contributed by atoms with Crippen LogP contribution in [0, 0.1) is 0 Å². The summed E-state index contributed by atoms with van der Waals surface area (Å²) < 4.78 is 9.83. The molecule has 0 amide bonds. The first-order valence-corrected chi connectivity index (χ1v) is 9.85. The Balaban J connectivity index is 1.54. The molecule has 0 atom stereocenters. The highest BCUT2D eigenvalue weighted by Gasteiger charge is 2.22. The molecule has 0 spiro atoms. The van der Waals surface area contributed by atoms with Crippen LogP contribution in [-0.2, 0) is 6.54 Å². The lowest BCUT2D eigenvalue weighted by Gasteiger charge is -2.23. The smallest absolute Gasteiger partial charge is 0.152 e. The van der Waals surface area contributed by atoms with E-state index in [0.717, 1.165) is 56.6 Å². The molecule has 0 unspecified atom stereocenters. The van der Waals surface area contributed by atoms with Crippen LogP contribution in [0.3, 0.4) is 0 Å². The Kier molecular flexibility index (Phi) is 3.67. The van der Waals surface area contributed by atoms with Gasteiger partial charge in [0.25, 0.3) is 0 Å². The average molecular weight is 394 g/mol. The molecular weight excluding hydrogens is 376 g/mol. The maximum absolute atomic E-state index is 6.07. The second kappa shape index (κ2) is 6.52. The summed E-state index contributed by atoms with van der Waals surface area (Å²) >= 11 is 0. The van der Waals surface area contributed by atoms with Crippen LogP contribution in [0.5, 0.6) is 5.75 Å². The summed E-state index contributed by atoms with van der Waals surface area (Å²) in [5, 5.41) is 17.3. The fourth-order valence-corrected chi connectivity index (χ4v) is 4.00. The van der Waals surface area contributed by atoms with Gasteiger partial charge in [0.2, 0.25) is 0 Å². The lowest BCUT2D eigenvalue weighted by molar-refractivity contribution is 0.315. The quantitative estimate of drug-likeness (QED) is 0.462. The fourth-order valence-electron chi connectivity index (χ4n) is 4.00. The average Bonchev–Trinajstić information content (AvgIpc) is 3.39. The lowest BCUT2D eigenvalue weighted by atomic mass is 9.97. The first-order valence-electron chi connectivity index (χ1n) is 9.85. The highest BCUT2D eigenvalue weighted by Crippen LogP contribution is 2.38. The van der Waals surface area contributed by atoms with Gasteiger partial charge >= 0.3 is 0 Å². The lowest BCUT2D eigenvalue weighted by Crippen LogP contribution is -2.13. The predicted octanol–water partition coefficient (Wildman–Crippen LogP) is 4.01. The Hall–Kier alpha value is -4.00. The van der Waals surface area contributed by atoms with Gasteiger partial charge in [-0.05, 0) is 47.5 Å². The molecule has 0 aliphatic carbocycles. The Morgan fingerprint density at radius 3 is 2.50 bits per heavy atom. The zero-order chi connectivity index (χ0) is 20.1. The highest BCUT2D eigenvalue weighted by atomic mass is 16.5. The van der Waals surface area contributed by atoms with E-state index in [-0.39, 0.29) is 0 Å². The molecule has 0 radical (unpaired) electrons. The zero-order valence-corrected chi connectivity index (χ0v) is 16.2. The van der Waals surface area contributed by atoms with Gasteiger partial charge < -0.3 is 4.74 Å². The maximum Gasteiger partial charge on any atom is 0.152 e.